The number of hydrogen-bond acceptors (Lipinski definition) is 5. The molecule has 0 radical (unpaired) electrons. The molecule has 3 aromatic carbocycles. The fourth-order valence-corrected chi connectivity index (χ4v) is 3.71. The van der Waals surface area contributed by atoms with Crippen LogP contribution in [0.1, 0.15) is 21.5 Å². The normalized spacial score (nSPS) is 10.7. The molecule has 0 aliphatic heterocycles. The van der Waals surface area contributed by atoms with Crippen LogP contribution in [0.3, 0.4) is 0 Å². The van der Waals surface area contributed by atoms with Crippen molar-refractivity contribution in [3.8, 4) is 11.4 Å². The summed E-state index contributed by atoms with van der Waals surface area (Å²) in [5, 5.41) is 11.9. The lowest BCUT2D eigenvalue weighted by Gasteiger charge is -2.07. The number of nitrogen functional groups attached to an aromatic ring is 1. The molecule has 1 heterocycles. The number of carbonyl (C=O) groups excluding carboxylic acids is 1. The van der Waals surface area contributed by atoms with Crippen molar-refractivity contribution in [1.82, 2.24) is 14.9 Å². The molecule has 1 amide bonds. The van der Waals surface area contributed by atoms with E-state index in [1.165, 1.54) is 22.0 Å². The zero-order chi connectivity index (χ0) is 20.9. The molecule has 1 aromatic heterocycles. The number of anilines is 1. The number of aromatic nitrogens is 3. The first-order chi connectivity index (χ1) is 14.6. The van der Waals surface area contributed by atoms with Gasteiger partial charge in [0.25, 0.3) is 5.91 Å². The molecule has 0 saturated heterocycles. The van der Waals surface area contributed by atoms with Gasteiger partial charge in [0.15, 0.2) is 5.82 Å². The lowest BCUT2D eigenvalue weighted by atomic mass is 10.1. The Hall–Kier alpha value is -3.58. The van der Waals surface area contributed by atoms with E-state index in [2.05, 4.69) is 15.5 Å². The highest BCUT2D eigenvalue weighted by Crippen LogP contribution is 2.24. The Labute approximate surface area is 179 Å². The average Bonchev–Trinajstić information content (AvgIpc) is 3.14. The van der Waals surface area contributed by atoms with Crippen LogP contribution in [0, 0.1) is 6.92 Å². The van der Waals surface area contributed by atoms with Gasteiger partial charge in [0.05, 0.1) is 0 Å². The van der Waals surface area contributed by atoms with Crippen LogP contribution < -0.4 is 11.2 Å². The molecule has 0 unspecified atom stereocenters. The van der Waals surface area contributed by atoms with Crippen molar-refractivity contribution in [2.24, 2.45) is 0 Å². The van der Waals surface area contributed by atoms with E-state index in [1.54, 1.807) is 0 Å². The van der Waals surface area contributed by atoms with Gasteiger partial charge >= 0.3 is 0 Å². The largest absolute Gasteiger partial charge is 0.335 e. The molecular formula is C23H21N5OS. The molecular weight excluding hydrogens is 394 g/mol. The predicted octanol–water partition coefficient (Wildman–Crippen LogP) is 4.51. The molecule has 3 N–H and O–H groups in total. The number of aryl methyl sites for hydroxylation is 1. The van der Waals surface area contributed by atoms with Gasteiger partial charge in [0, 0.05) is 22.6 Å². The summed E-state index contributed by atoms with van der Waals surface area (Å²) in [6.07, 6.45) is 0. The van der Waals surface area contributed by atoms with Crippen molar-refractivity contribution in [1.29, 1.82) is 0 Å². The number of nitrogens with two attached hydrogens (primary N) is 1. The van der Waals surface area contributed by atoms with Gasteiger partial charge in [-0.05, 0) is 36.8 Å². The molecule has 30 heavy (non-hydrogen) atoms. The molecule has 0 aliphatic rings. The molecule has 0 aliphatic carbocycles. The lowest BCUT2D eigenvalue weighted by Crippen LogP contribution is -2.12. The minimum atomic E-state index is -0.134. The van der Waals surface area contributed by atoms with Crippen LogP contribution >= 0.6 is 11.8 Å². The fraction of sp³-hybridized carbons (Fsp3) is 0.0870. The predicted molar refractivity (Wildman–Crippen MR) is 121 cm³/mol. The summed E-state index contributed by atoms with van der Waals surface area (Å²) in [6, 6.07) is 24.9. The highest BCUT2D eigenvalue weighted by molar-refractivity contribution is 7.98. The number of carbonyl (C=O) groups is 1. The smallest absolute Gasteiger partial charge is 0.255 e. The Bertz CT molecular complexity index is 1140. The first-order valence-corrected chi connectivity index (χ1v) is 10.4. The topological polar surface area (TPSA) is 85.8 Å². The number of rotatable bonds is 6. The van der Waals surface area contributed by atoms with E-state index in [1.807, 2.05) is 85.8 Å². The Morgan fingerprint density at radius 3 is 2.37 bits per heavy atom. The molecule has 4 rings (SSSR count). The molecule has 0 saturated carbocycles. The Morgan fingerprint density at radius 1 is 0.967 bits per heavy atom. The first-order valence-electron chi connectivity index (χ1n) is 9.46. The average molecular weight is 416 g/mol. The van der Waals surface area contributed by atoms with Crippen molar-refractivity contribution in [2.75, 3.05) is 11.2 Å². The summed E-state index contributed by atoms with van der Waals surface area (Å²) < 4.78 is 1.51. The minimum absolute atomic E-state index is 0.134. The molecule has 0 spiro atoms. The summed E-state index contributed by atoms with van der Waals surface area (Å²) in [4.78, 5) is 12.4. The second-order valence-corrected chi connectivity index (χ2v) is 7.79. The Kier molecular flexibility index (Phi) is 5.81. The third-order valence-corrected chi connectivity index (χ3v) is 5.60. The number of amides is 1. The minimum Gasteiger partial charge on any atom is -0.335 e. The highest BCUT2D eigenvalue weighted by Gasteiger charge is 2.12. The monoisotopic (exact) mass is 415 g/mol. The van der Waals surface area contributed by atoms with Gasteiger partial charge in [0.1, 0.15) is 0 Å². The van der Waals surface area contributed by atoms with E-state index >= 15 is 0 Å². The van der Waals surface area contributed by atoms with Gasteiger partial charge in [-0.1, -0.05) is 71.9 Å². The van der Waals surface area contributed by atoms with E-state index in [9.17, 15) is 4.79 Å². The zero-order valence-electron chi connectivity index (χ0n) is 16.4. The van der Waals surface area contributed by atoms with Gasteiger partial charge in [-0.2, -0.15) is 0 Å². The lowest BCUT2D eigenvalue weighted by molar-refractivity contribution is 0.102. The van der Waals surface area contributed by atoms with Gasteiger partial charge in [-0.25, -0.2) is 4.68 Å². The fourth-order valence-electron chi connectivity index (χ4n) is 2.90. The Morgan fingerprint density at radius 2 is 1.67 bits per heavy atom. The van der Waals surface area contributed by atoms with Crippen molar-refractivity contribution in [3.63, 3.8) is 0 Å². The SMILES string of the molecule is Cc1ccc(-c2nnc(SCc3ccc(C(=O)Nc4ccccc4)cc3)n2N)cc1. The quantitative estimate of drug-likeness (QED) is 0.357. The molecule has 6 nitrogen and oxygen atoms in total. The number of thioether (sulfide) groups is 1. The first kappa shape index (κ1) is 19.7. The molecule has 4 aromatic rings. The summed E-state index contributed by atoms with van der Waals surface area (Å²) in [5.41, 5.74) is 4.55. The summed E-state index contributed by atoms with van der Waals surface area (Å²) >= 11 is 1.50. The highest BCUT2D eigenvalue weighted by atomic mass is 32.2. The maximum Gasteiger partial charge on any atom is 0.255 e. The number of nitrogens with zero attached hydrogens (tertiary/aromatic N) is 3. The summed E-state index contributed by atoms with van der Waals surface area (Å²) in [6.45, 7) is 2.04. The second kappa shape index (κ2) is 8.84. The van der Waals surface area contributed by atoms with Crippen LogP contribution in [0.4, 0.5) is 5.69 Å². The van der Waals surface area contributed by atoms with E-state index in [0.29, 0.717) is 22.3 Å². The van der Waals surface area contributed by atoms with Crippen LogP contribution in [0.5, 0.6) is 0 Å². The number of para-hydroxylation sites is 1. The van der Waals surface area contributed by atoms with E-state index in [0.717, 1.165) is 16.8 Å². The van der Waals surface area contributed by atoms with Crippen LogP contribution in [0.15, 0.2) is 84.0 Å². The van der Waals surface area contributed by atoms with E-state index in [-0.39, 0.29) is 5.91 Å². The number of benzene rings is 3. The van der Waals surface area contributed by atoms with Crippen molar-refractivity contribution >= 4 is 23.4 Å². The van der Waals surface area contributed by atoms with E-state index < -0.39 is 0 Å². The zero-order valence-corrected chi connectivity index (χ0v) is 17.3. The van der Waals surface area contributed by atoms with Crippen LogP contribution in [0.25, 0.3) is 11.4 Å². The molecule has 0 atom stereocenters. The van der Waals surface area contributed by atoms with Crippen LogP contribution in [-0.2, 0) is 5.75 Å². The molecule has 0 fully saturated rings. The molecule has 150 valence electrons. The molecule has 7 heteroatoms. The van der Waals surface area contributed by atoms with E-state index in [4.69, 9.17) is 5.84 Å². The third-order valence-electron chi connectivity index (χ3n) is 4.59. The van der Waals surface area contributed by atoms with Crippen molar-refractivity contribution in [2.45, 2.75) is 17.8 Å². The maximum absolute atomic E-state index is 12.4. The summed E-state index contributed by atoms with van der Waals surface area (Å²) in [7, 11) is 0. The van der Waals surface area contributed by atoms with Gasteiger partial charge < -0.3 is 11.2 Å². The third kappa shape index (κ3) is 4.52. The maximum atomic E-state index is 12.4. The number of hydrogen-bond donors (Lipinski definition) is 2. The van der Waals surface area contributed by atoms with Crippen LogP contribution in [-0.4, -0.2) is 20.8 Å². The van der Waals surface area contributed by atoms with Gasteiger partial charge in [-0.3, -0.25) is 4.79 Å². The van der Waals surface area contributed by atoms with Gasteiger partial charge in [-0.15, -0.1) is 10.2 Å². The van der Waals surface area contributed by atoms with Crippen molar-refractivity contribution < 1.29 is 4.79 Å². The Balaban J connectivity index is 1.39. The standard InChI is InChI=1S/C23H21N5OS/c1-16-7-11-18(12-8-16)21-26-27-23(28(21)24)30-15-17-9-13-19(14-10-17)22(29)25-20-5-3-2-4-6-20/h2-14H,15,24H2,1H3,(H,25,29). The number of nitrogens with one attached hydrogen (secondary N) is 1. The second-order valence-electron chi connectivity index (χ2n) is 6.85. The van der Waals surface area contributed by atoms with Crippen molar-refractivity contribution in [3.05, 3.63) is 95.6 Å². The van der Waals surface area contributed by atoms with Gasteiger partial charge in [0.2, 0.25) is 5.16 Å². The summed E-state index contributed by atoms with van der Waals surface area (Å²) in [5.74, 6) is 7.36. The molecule has 0 bridgehead atoms. The van der Waals surface area contributed by atoms with Crippen LogP contribution in [0.2, 0.25) is 0 Å².